The molecule has 1 aromatic heterocycles. The van der Waals surface area contributed by atoms with E-state index >= 15 is 0 Å². The van der Waals surface area contributed by atoms with E-state index in [4.69, 9.17) is 10.5 Å². The normalized spacial score (nSPS) is 10.3. The molecule has 0 aliphatic rings. The Balaban J connectivity index is 2.13. The van der Waals surface area contributed by atoms with Gasteiger partial charge >= 0.3 is 0 Å². The monoisotopic (exact) mass is 290 g/mol. The van der Waals surface area contributed by atoms with Gasteiger partial charge in [0, 0.05) is 6.54 Å². The van der Waals surface area contributed by atoms with Crippen LogP contribution in [0.1, 0.15) is 28.4 Å². The molecule has 0 saturated heterocycles. The molecule has 0 spiro atoms. The molecular formula is C15H18N2O2S. The first-order valence-electron chi connectivity index (χ1n) is 6.44. The molecule has 0 saturated carbocycles. The van der Waals surface area contributed by atoms with Gasteiger partial charge in [0.15, 0.2) is 5.75 Å². The van der Waals surface area contributed by atoms with Crippen LogP contribution in [0.15, 0.2) is 29.0 Å². The number of thiophene rings is 1. The van der Waals surface area contributed by atoms with Crippen LogP contribution in [0.3, 0.4) is 0 Å². The van der Waals surface area contributed by atoms with E-state index in [1.807, 2.05) is 19.2 Å². The van der Waals surface area contributed by atoms with Crippen molar-refractivity contribution in [2.24, 2.45) is 0 Å². The van der Waals surface area contributed by atoms with Crippen molar-refractivity contribution in [2.45, 2.75) is 20.4 Å². The molecule has 0 aliphatic carbocycles. The van der Waals surface area contributed by atoms with Crippen LogP contribution in [0, 0.1) is 6.92 Å². The Morgan fingerprint density at radius 1 is 1.40 bits per heavy atom. The third-order valence-corrected chi connectivity index (χ3v) is 3.89. The molecular weight excluding hydrogens is 272 g/mol. The van der Waals surface area contributed by atoms with Crippen molar-refractivity contribution in [3.05, 3.63) is 45.6 Å². The van der Waals surface area contributed by atoms with Crippen LogP contribution in [0.5, 0.6) is 5.75 Å². The second kappa shape index (κ2) is 6.43. The number of amides is 1. The Morgan fingerprint density at radius 2 is 2.20 bits per heavy atom. The Labute approximate surface area is 122 Å². The van der Waals surface area contributed by atoms with Gasteiger partial charge in [-0.15, -0.1) is 0 Å². The number of anilines is 1. The maximum absolute atomic E-state index is 12.3. The van der Waals surface area contributed by atoms with Gasteiger partial charge in [-0.25, -0.2) is 0 Å². The van der Waals surface area contributed by atoms with Gasteiger partial charge in [-0.3, -0.25) is 4.79 Å². The highest BCUT2D eigenvalue weighted by molar-refractivity contribution is 7.08. The number of hydrogen-bond acceptors (Lipinski definition) is 4. The predicted molar refractivity (Wildman–Crippen MR) is 82.2 cm³/mol. The zero-order valence-electron chi connectivity index (χ0n) is 11.6. The van der Waals surface area contributed by atoms with E-state index in [2.05, 4.69) is 10.7 Å². The molecule has 1 aromatic carbocycles. The first-order chi connectivity index (χ1) is 9.63. The molecule has 1 amide bonds. The van der Waals surface area contributed by atoms with Crippen LogP contribution in [0.4, 0.5) is 5.69 Å². The lowest BCUT2D eigenvalue weighted by atomic mass is 10.1. The molecule has 0 aliphatic heterocycles. The standard InChI is InChI=1S/C15H18N2O2S/c1-3-19-14-12(5-4-6-13(14)16)15(18)17-7-11-9-20-8-10(11)2/h4-6,8-9H,3,7,16H2,1-2H3,(H,17,18). The highest BCUT2D eigenvalue weighted by Gasteiger charge is 2.14. The molecule has 20 heavy (non-hydrogen) atoms. The van der Waals surface area contributed by atoms with Crippen molar-refractivity contribution in [1.82, 2.24) is 5.32 Å². The van der Waals surface area contributed by atoms with Crippen LogP contribution in [-0.4, -0.2) is 12.5 Å². The number of nitrogen functional groups attached to an aromatic ring is 1. The summed E-state index contributed by atoms with van der Waals surface area (Å²) in [5.41, 5.74) is 9.12. The maximum Gasteiger partial charge on any atom is 0.255 e. The summed E-state index contributed by atoms with van der Waals surface area (Å²) in [6.07, 6.45) is 0. The second-order valence-corrected chi connectivity index (χ2v) is 5.16. The Bertz CT molecular complexity index is 608. The Hall–Kier alpha value is -2.01. The molecule has 0 fully saturated rings. The third kappa shape index (κ3) is 3.11. The lowest BCUT2D eigenvalue weighted by molar-refractivity contribution is 0.0947. The fourth-order valence-electron chi connectivity index (χ4n) is 1.88. The van der Waals surface area contributed by atoms with Gasteiger partial charge in [0.05, 0.1) is 17.9 Å². The minimum atomic E-state index is -0.175. The number of hydrogen-bond donors (Lipinski definition) is 2. The summed E-state index contributed by atoms with van der Waals surface area (Å²) in [5, 5.41) is 7.00. The molecule has 0 bridgehead atoms. The number of para-hydroxylation sites is 1. The summed E-state index contributed by atoms with van der Waals surface area (Å²) < 4.78 is 5.47. The summed E-state index contributed by atoms with van der Waals surface area (Å²) in [7, 11) is 0. The number of aryl methyl sites for hydroxylation is 1. The van der Waals surface area contributed by atoms with Crippen LogP contribution < -0.4 is 15.8 Å². The van der Waals surface area contributed by atoms with E-state index in [0.717, 1.165) is 5.56 Å². The smallest absolute Gasteiger partial charge is 0.255 e. The molecule has 4 nitrogen and oxygen atoms in total. The Morgan fingerprint density at radius 3 is 2.85 bits per heavy atom. The van der Waals surface area contributed by atoms with Gasteiger partial charge in [-0.2, -0.15) is 11.3 Å². The summed E-state index contributed by atoms with van der Waals surface area (Å²) in [4.78, 5) is 12.3. The number of carbonyl (C=O) groups excluding carboxylic acids is 1. The topological polar surface area (TPSA) is 64.3 Å². The summed E-state index contributed by atoms with van der Waals surface area (Å²) in [5.74, 6) is 0.279. The number of rotatable bonds is 5. The molecule has 5 heteroatoms. The second-order valence-electron chi connectivity index (χ2n) is 4.42. The third-order valence-electron chi connectivity index (χ3n) is 2.98. The zero-order chi connectivity index (χ0) is 14.5. The SMILES string of the molecule is CCOc1c(N)cccc1C(=O)NCc1cscc1C. The van der Waals surface area contributed by atoms with Crippen molar-refractivity contribution < 1.29 is 9.53 Å². The lowest BCUT2D eigenvalue weighted by Crippen LogP contribution is -2.23. The minimum absolute atomic E-state index is 0.175. The Kier molecular flexibility index (Phi) is 4.63. The van der Waals surface area contributed by atoms with Gasteiger partial charge in [0.2, 0.25) is 0 Å². The highest BCUT2D eigenvalue weighted by atomic mass is 32.1. The van der Waals surface area contributed by atoms with Gasteiger partial charge in [-0.05, 0) is 47.9 Å². The number of carbonyl (C=O) groups is 1. The zero-order valence-corrected chi connectivity index (χ0v) is 12.4. The highest BCUT2D eigenvalue weighted by Crippen LogP contribution is 2.26. The van der Waals surface area contributed by atoms with E-state index in [9.17, 15) is 4.79 Å². The van der Waals surface area contributed by atoms with E-state index in [1.165, 1.54) is 5.56 Å². The molecule has 2 aromatic rings. The molecule has 106 valence electrons. The van der Waals surface area contributed by atoms with Crippen molar-refractivity contribution in [2.75, 3.05) is 12.3 Å². The van der Waals surface area contributed by atoms with Crippen molar-refractivity contribution >= 4 is 22.9 Å². The number of ether oxygens (including phenoxy) is 1. The van der Waals surface area contributed by atoms with Crippen LogP contribution in [-0.2, 0) is 6.54 Å². The van der Waals surface area contributed by atoms with Gasteiger partial charge in [-0.1, -0.05) is 6.07 Å². The number of benzene rings is 1. The van der Waals surface area contributed by atoms with Crippen LogP contribution in [0.25, 0.3) is 0 Å². The van der Waals surface area contributed by atoms with Gasteiger partial charge < -0.3 is 15.8 Å². The molecule has 1 heterocycles. The first-order valence-corrected chi connectivity index (χ1v) is 7.39. The van der Waals surface area contributed by atoms with Crippen molar-refractivity contribution in [3.63, 3.8) is 0 Å². The van der Waals surface area contributed by atoms with Crippen molar-refractivity contribution in [3.8, 4) is 5.75 Å². The predicted octanol–water partition coefficient (Wildman–Crippen LogP) is 2.97. The molecule has 3 N–H and O–H groups in total. The maximum atomic E-state index is 12.3. The lowest BCUT2D eigenvalue weighted by Gasteiger charge is -2.12. The molecule has 0 radical (unpaired) electrons. The van der Waals surface area contributed by atoms with Crippen molar-refractivity contribution in [1.29, 1.82) is 0 Å². The summed E-state index contributed by atoms with van der Waals surface area (Å²) in [6, 6.07) is 5.20. The quantitative estimate of drug-likeness (QED) is 0.832. The fraction of sp³-hybridized carbons (Fsp3) is 0.267. The first kappa shape index (κ1) is 14.4. The minimum Gasteiger partial charge on any atom is -0.491 e. The fourth-order valence-corrected chi connectivity index (χ4v) is 2.73. The summed E-state index contributed by atoms with van der Waals surface area (Å²) in [6.45, 7) is 4.87. The van der Waals surface area contributed by atoms with Gasteiger partial charge in [0.1, 0.15) is 0 Å². The van der Waals surface area contributed by atoms with E-state index in [-0.39, 0.29) is 5.91 Å². The number of nitrogens with one attached hydrogen (secondary N) is 1. The molecule has 2 rings (SSSR count). The van der Waals surface area contributed by atoms with Crippen LogP contribution >= 0.6 is 11.3 Å². The van der Waals surface area contributed by atoms with Gasteiger partial charge in [0.25, 0.3) is 5.91 Å². The largest absolute Gasteiger partial charge is 0.491 e. The van der Waals surface area contributed by atoms with E-state index < -0.39 is 0 Å². The van der Waals surface area contributed by atoms with Crippen LogP contribution in [0.2, 0.25) is 0 Å². The van der Waals surface area contributed by atoms with E-state index in [0.29, 0.717) is 30.2 Å². The summed E-state index contributed by atoms with van der Waals surface area (Å²) >= 11 is 1.63. The molecule has 0 unspecified atom stereocenters. The molecule has 0 atom stereocenters. The number of nitrogens with two attached hydrogens (primary N) is 1. The average Bonchev–Trinajstić information content (AvgIpc) is 2.84. The average molecular weight is 290 g/mol. The van der Waals surface area contributed by atoms with E-state index in [1.54, 1.807) is 29.5 Å².